The minimum atomic E-state index is -2.20. The van der Waals surface area contributed by atoms with Crippen molar-refractivity contribution in [3.05, 3.63) is 52.8 Å². The zero-order chi connectivity index (χ0) is 19.9. The molecule has 0 spiro atoms. The predicted molar refractivity (Wildman–Crippen MR) is 95.4 cm³/mol. The maximum atomic E-state index is 14.5. The number of hydrogen-bond acceptors (Lipinski definition) is 5. The topological polar surface area (TPSA) is 89.5 Å². The maximum absolute atomic E-state index is 14.5. The Bertz CT molecular complexity index is 1070. The number of nitriles is 1. The molecule has 0 aromatic heterocycles. The van der Waals surface area contributed by atoms with Crippen LogP contribution in [0.25, 0.3) is 0 Å². The van der Waals surface area contributed by atoms with Crippen LogP contribution < -0.4 is 4.74 Å². The second-order valence-electron chi connectivity index (χ2n) is 6.45. The van der Waals surface area contributed by atoms with E-state index in [1.807, 2.05) is 0 Å². The van der Waals surface area contributed by atoms with E-state index < -0.39 is 33.9 Å². The van der Waals surface area contributed by atoms with Crippen molar-refractivity contribution in [3.8, 4) is 17.6 Å². The molecule has 2 N–H and O–H groups in total. The fourth-order valence-corrected chi connectivity index (χ4v) is 3.56. The minimum Gasteiger partial charge on any atom is -0.457 e. The van der Waals surface area contributed by atoms with E-state index in [4.69, 9.17) is 14.8 Å². The van der Waals surface area contributed by atoms with Crippen molar-refractivity contribution in [3.63, 3.8) is 0 Å². The fourth-order valence-electron chi connectivity index (χ4n) is 2.91. The molecule has 9 heteroatoms. The molecule has 0 fully saturated rings. The van der Waals surface area contributed by atoms with Crippen LogP contribution in [0.1, 0.15) is 29.0 Å². The van der Waals surface area contributed by atoms with E-state index in [9.17, 15) is 18.3 Å². The first-order valence-corrected chi connectivity index (χ1v) is 10.2. The number of benzene rings is 2. The smallest absolute Gasteiger partial charge is 0.165 e. The average molecular weight is 395 g/mol. The number of fused-ring (bicyclic) bond motifs is 1. The van der Waals surface area contributed by atoms with Crippen LogP contribution in [0.15, 0.2) is 34.7 Å². The molecule has 27 heavy (non-hydrogen) atoms. The third-order valence-electron chi connectivity index (χ3n) is 3.93. The van der Waals surface area contributed by atoms with E-state index in [1.54, 1.807) is 18.6 Å². The second kappa shape index (κ2) is 6.87. The van der Waals surface area contributed by atoms with Gasteiger partial charge in [0.1, 0.15) is 23.4 Å². The molecule has 0 saturated heterocycles. The number of rotatable bonds is 3. The van der Waals surface area contributed by atoms with Gasteiger partial charge in [-0.2, -0.15) is 5.26 Å². The Balaban J connectivity index is 2.16. The summed E-state index contributed by atoms with van der Waals surface area (Å²) in [5.41, 5.74) is -0.160. The molecule has 0 amide bonds. The van der Waals surface area contributed by atoms with Gasteiger partial charge >= 0.3 is 0 Å². The Labute approximate surface area is 154 Å². The molecule has 0 heterocycles. The van der Waals surface area contributed by atoms with Crippen LogP contribution in [0, 0.1) is 21.9 Å². The van der Waals surface area contributed by atoms with Crippen LogP contribution in [0.5, 0.6) is 11.5 Å². The normalized spacial score (nSPS) is 21.4. The number of aliphatic hydroxyl groups is 1. The number of halogens is 3. The van der Waals surface area contributed by atoms with Gasteiger partial charge in [-0.05, 0) is 24.3 Å². The van der Waals surface area contributed by atoms with Crippen molar-refractivity contribution in [2.75, 3.05) is 12.5 Å². The molecular weight excluding hydrogens is 379 g/mol. The molecule has 2 aromatic rings. The third kappa shape index (κ3) is 3.77. The highest BCUT2D eigenvalue weighted by molar-refractivity contribution is 7.93. The van der Waals surface area contributed by atoms with Crippen molar-refractivity contribution < 1.29 is 23.0 Å². The summed E-state index contributed by atoms with van der Waals surface area (Å²) >= 11 is 0. The SMILES string of the molecule is CS(C)(=N)=Nc1ccc(Oc2cc(F)cc(C#N)c2)c2c1[C@H](O)[C@H](F)[C@@H]2F. The van der Waals surface area contributed by atoms with Crippen LogP contribution in [0.4, 0.5) is 18.9 Å². The summed E-state index contributed by atoms with van der Waals surface area (Å²) in [7, 11) is -2.15. The number of ether oxygens (including phenoxy) is 1. The van der Waals surface area contributed by atoms with Crippen LogP contribution in [-0.4, -0.2) is 23.8 Å². The Kier molecular flexibility index (Phi) is 4.88. The van der Waals surface area contributed by atoms with Crippen molar-refractivity contribution in [1.29, 1.82) is 10.0 Å². The molecule has 1 aliphatic rings. The van der Waals surface area contributed by atoms with Gasteiger partial charge < -0.3 is 9.84 Å². The molecule has 0 aliphatic heterocycles. The van der Waals surface area contributed by atoms with Crippen molar-refractivity contribution >= 4 is 15.3 Å². The quantitative estimate of drug-likeness (QED) is 0.776. The van der Waals surface area contributed by atoms with E-state index in [0.717, 1.165) is 12.1 Å². The molecule has 5 nitrogen and oxygen atoms in total. The first-order chi connectivity index (χ1) is 12.6. The molecule has 0 bridgehead atoms. The summed E-state index contributed by atoms with van der Waals surface area (Å²) in [6.07, 6.45) is -2.97. The Morgan fingerprint density at radius 3 is 2.56 bits per heavy atom. The third-order valence-corrected chi connectivity index (χ3v) is 4.58. The zero-order valence-electron chi connectivity index (χ0n) is 14.4. The first kappa shape index (κ1) is 19.2. The van der Waals surface area contributed by atoms with Gasteiger partial charge in [-0.25, -0.2) is 17.5 Å². The second-order valence-corrected chi connectivity index (χ2v) is 9.18. The van der Waals surface area contributed by atoms with Gasteiger partial charge in [0.2, 0.25) is 0 Å². The van der Waals surface area contributed by atoms with Gasteiger partial charge in [-0.15, -0.1) is 0 Å². The molecule has 3 rings (SSSR count). The monoisotopic (exact) mass is 395 g/mol. The summed E-state index contributed by atoms with van der Waals surface area (Å²) in [6.45, 7) is 0. The number of alkyl halides is 2. The van der Waals surface area contributed by atoms with Gasteiger partial charge in [-0.1, -0.05) is 9.62 Å². The van der Waals surface area contributed by atoms with Gasteiger partial charge in [-0.3, -0.25) is 4.78 Å². The fraction of sp³-hybridized carbons (Fsp3) is 0.278. The molecule has 1 aliphatic carbocycles. The summed E-state index contributed by atoms with van der Waals surface area (Å²) < 4.78 is 59.9. The highest BCUT2D eigenvalue weighted by Crippen LogP contribution is 2.52. The lowest BCUT2D eigenvalue weighted by molar-refractivity contribution is 0.0468. The summed E-state index contributed by atoms with van der Waals surface area (Å²) in [5.74, 6) is -0.885. The molecule has 142 valence electrons. The number of aliphatic hydroxyl groups excluding tert-OH is 1. The van der Waals surface area contributed by atoms with E-state index in [1.165, 1.54) is 18.2 Å². The van der Waals surface area contributed by atoms with E-state index in [2.05, 4.69) is 4.36 Å². The summed E-state index contributed by atoms with van der Waals surface area (Å²) in [5, 5.41) is 19.0. The minimum absolute atomic E-state index is 0.00743. The molecule has 2 aromatic carbocycles. The van der Waals surface area contributed by atoms with Crippen LogP contribution >= 0.6 is 0 Å². The number of nitrogens with zero attached hydrogens (tertiary/aromatic N) is 2. The lowest BCUT2D eigenvalue weighted by Crippen LogP contribution is -2.09. The Morgan fingerprint density at radius 1 is 1.22 bits per heavy atom. The molecule has 0 saturated carbocycles. The number of nitrogens with one attached hydrogen (secondary N) is 1. The van der Waals surface area contributed by atoms with Crippen LogP contribution in [0.2, 0.25) is 0 Å². The summed E-state index contributed by atoms with van der Waals surface area (Å²) in [4.78, 5) is 0. The van der Waals surface area contributed by atoms with E-state index >= 15 is 0 Å². The molecule has 0 radical (unpaired) electrons. The van der Waals surface area contributed by atoms with Crippen molar-refractivity contribution in [2.45, 2.75) is 18.4 Å². The largest absolute Gasteiger partial charge is 0.457 e. The highest BCUT2D eigenvalue weighted by atomic mass is 32.2. The predicted octanol–water partition coefficient (Wildman–Crippen LogP) is 4.88. The van der Waals surface area contributed by atoms with E-state index in [0.29, 0.717) is 0 Å². The standard InChI is InChI=1S/C18H16F3N3O2S/c1-27(2,23)24-12-3-4-13(15-14(12)18(25)17(21)16(15)20)26-11-6-9(8-22)5-10(19)7-11/h3-7,16-18,23,25H,1-2H3/t16-,17-,18+/m1/s1. The summed E-state index contributed by atoms with van der Waals surface area (Å²) in [6, 6.07) is 7.79. The highest BCUT2D eigenvalue weighted by Gasteiger charge is 2.44. The molecule has 3 atom stereocenters. The Hall–Kier alpha value is -2.57. The van der Waals surface area contributed by atoms with Crippen molar-refractivity contribution in [1.82, 2.24) is 0 Å². The van der Waals surface area contributed by atoms with Gasteiger partial charge in [0, 0.05) is 29.7 Å². The van der Waals surface area contributed by atoms with E-state index in [-0.39, 0.29) is 33.9 Å². The van der Waals surface area contributed by atoms with Crippen LogP contribution in [-0.2, 0) is 9.62 Å². The van der Waals surface area contributed by atoms with Gasteiger partial charge in [0.15, 0.2) is 12.3 Å². The maximum Gasteiger partial charge on any atom is 0.165 e. The molecule has 0 unspecified atom stereocenters. The van der Waals surface area contributed by atoms with Crippen molar-refractivity contribution in [2.24, 2.45) is 4.36 Å². The zero-order valence-corrected chi connectivity index (χ0v) is 15.2. The lowest BCUT2D eigenvalue weighted by atomic mass is 10.1. The Morgan fingerprint density at radius 2 is 1.93 bits per heavy atom. The lowest BCUT2D eigenvalue weighted by Gasteiger charge is -2.14. The first-order valence-electron chi connectivity index (χ1n) is 7.83. The van der Waals surface area contributed by atoms with Crippen LogP contribution in [0.3, 0.4) is 0 Å². The molecular formula is C18H16F3N3O2S. The van der Waals surface area contributed by atoms with Gasteiger partial charge in [0.05, 0.1) is 17.3 Å². The van der Waals surface area contributed by atoms with Gasteiger partial charge in [0.25, 0.3) is 0 Å². The average Bonchev–Trinajstić information content (AvgIpc) is 2.80. The number of hydrogen-bond donors (Lipinski definition) is 2.